The van der Waals surface area contributed by atoms with Crippen molar-refractivity contribution in [2.45, 2.75) is 18.6 Å². The lowest BCUT2D eigenvalue weighted by Gasteiger charge is -2.16. The second-order valence-corrected chi connectivity index (χ2v) is 8.56. The third-order valence-electron chi connectivity index (χ3n) is 5.36. The third-order valence-corrected chi connectivity index (χ3v) is 5.57. The van der Waals surface area contributed by atoms with Gasteiger partial charge >= 0.3 is 12.1 Å². The van der Waals surface area contributed by atoms with Crippen molar-refractivity contribution in [2.75, 3.05) is 10.6 Å². The Labute approximate surface area is 221 Å². The van der Waals surface area contributed by atoms with Gasteiger partial charge in [-0.3, -0.25) is 4.79 Å². The van der Waals surface area contributed by atoms with Gasteiger partial charge in [0.15, 0.2) is 16.7 Å². The molecule has 1 atom stereocenters. The van der Waals surface area contributed by atoms with Crippen LogP contribution in [-0.4, -0.2) is 21.3 Å². The normalized spacial score (nSPS) is 11.9. The van der Waals surface area contributed by atoms with Gasteiger partial charge in [0.25, 0.3) is 0 Å². The van der Waals surface area contributed by atoms with Gasteiger partial charge in [-0.15, -0.1) is 10.2 Å². The molecule has 0 saturated carbocycles. The molecule has 0 saturated heterocycles. The largest absolute Gasteiger partial charge is 0.424 e. The number of thiocarbonyl (C=S) groups is 1. The number of halogens is 3. The van der Waals surface area contributed by atoms with E-state index in [1.807, 2.05) is 30.3 Å². The maximum atomic E-state index is 13.0. The Balaban J connectivity index is 1.36. The van der Waals surface area contributed by atoms with Crippen LogP contribution in [0.15, 0.2) is 91.0 Å². The number of nitrogens with zero attached hydrogens (tertiary/aromatic N) is 2. The van der Waals surface area contributed by atoms with Gasteiger partial charge in [0.2, 0.25) is 0 Å². The third kappa shape index (κ3) is 7.11. The van der Waals surface area contributed by atoms with Gasteiger partial charge in [-0.05, 0) is 54.2 Å². The topological polar surface area (TPSA) is 102 Å². The lowest BCUT2D eigenvalue weighted by Crippen LogP contribution is -2.22. The minimum Gasteiger partial charge on any atom is -0.424 e. The monoisotopic (exact) mass is 537 g/mol. The Bertz CT molecular complexity index is 1420. The molecular weight excluding hydrogens is 515 g/mol. The number of ether oxygens (including phenoxy) is 1. The Morgan fingerprint density at radius 2 is 1.66 bits per heavy atom. The van der Waals surface area contributed by atoms with Crippen LogP contribution in [0.3, 0.4) is 0 Å². The highest BCUT2D eigenvalue weighted by molar-refractivity contribution is 7.80. The van der Waals surface area contributed by atoms with Gasteiger partial charge in [-0.2, -0.15) is 13.2 Å². The maximum Gasteiger partial charge on any atom is 0.416 e. The summed E-state index contributed by atoms with van der Waals surface area (Å²) in [6.07, 6.45) is -4.84. The summed E-state index contributed by atoms with van der Waals surface area (Å²) in [5.74, 6) is -0.141. The molecule has 1 heterocycles. The molecule has 0 amide bonds. The van der Waals surface area contributed by atoms with Gasteiger partial charge in [0.1, 0.15) is 0 Å². The van der Waals surface area contributed by atoms with Crippen LogP contribution in [0.2, 0.25) is 0 Å². The van der Waals surface area contributed by atoms with Gasteiger partial charge in [0, 0.05) is 11.6 Å². The smallest absolute Gasteiger partial charge is 0.416 e. The predicted octanol–water partition coefficient (Wildman–Crippen LogP) is 5.97. The second-order valence-electron chi connectivity index (χ2n) is 8.15. The number of rotatable bonds is 7. The number of nitrogens with two attached hydrogens (primary N) is 1. The van der Waals surface area contributed by atoms with Crippen molar-refractivity contribution in [3.63, 3.8) is 0 Å². The zero-order chi connectivity index (χ0) is 27.1. The van der Waals surface area contributed by atoms with Crippen LogP contribution >= 0.6 is 12.2 Å². The summed E-state index contributed by atoms with van der Waals surface area (Å²) < 4.78 is 44.4. The maximum absolute atomic E-state index is 13.0. The summed E-state index contributed by atoms with van der Waals surface area (Å²) in [4.78, 5) is 12.5. The molecule has 0 bridgehead atoms. The summed E-state index contributed by atoms with van der Waals surface area (Å²) >= 11 is 5.35. The zero-order valence-corrected chi connectivity index (χ0v) is 20.6. The molecule has 4 rings (SSSR count). The van der Waals surface area contributed by atoms with E-state index in [2.05, 4.69) is 20.8 Å². The molecule has 0 aliphatic rings. The molecule has 4 N–H and O–H groups in total. The van der Waals surface area contributed by atoms with Crippen LogP contribution in [0, 0.1) is 0 Å². The zero-order valence-electron chi connectivity index (χ0n) is 19.8. The van der Waals surface area contributed by atoms with Crippen LogP contribution in [0.5, 0.6) is 5.75 Å². The van der Waals surface area contributed by atoms with Crippen molar-refractivity contribution in [1.29, 1.82) is 0 Å². The predicted molar refractivity (Wildman–Crippen MR) is 142 cm³/mol. The summed E-state index contributed by atoms with van der Waals surface area (Å²) in [6, 6.07) is 23.2. The highest BCUT2D eigenvalue weighted by atomic mass is 32.1. The van der Waals surface area contributed by atoms with E-state index in [9.17, 15) is 18.0 Å². The number of aromatic nitrogens is 2. The van der Waals surface area contributed by atoms with E-state index >= 15 is 0 Å². The molecule has 0 radical (unpaired) electrons. The number of hydrogen-bond donors (Lipinski definition) is 3. The fourth-order valence-corrected chi connectivity index (χ4v) is 3.71. The van der Waals surface area contributed by atoms with Crippen LogP contribution in [0.1, 0.15) is 23.6 Å². The number of alkyl halides is 3. The van der Waals surface area contributed by atoms with Crippen molar-refractivity contribution < 1.29 is 22.7 Å². The molecule has 4 aromatic rings. The number of benzene rings is 3. The molecule has 11 heteroatoms. The summed E-state index contributed by atoms with van der Waals surface area (Å²) in [5, 5.41) is 14.4. The van der Waals surface area contributed by atoms with Crippen LogP contribution < -0.4 is 21.1 Å². The molecule has 3 aromatic carbocycles. The van der Waals surface area contributed by atoms with E-state index < -0.39 is 23.8 Å². The van der Waals surface area contributed by atoms with Crippen LogP contribution in [0.4, 0.5) is 24.7 Å². The number of esters is 1. The molecule has 38 heavy (non-hydrogen) atoms. The van der Waals surface area contributed by atoms with Gasteiger partial charge in [-0.1, -0.05) is 54.6 Å². The fraction of sp³-hybridized carbons (Fsp3) is 0.111. The van der Waals surface area contributed by atoms with E-state index in [0.717, 1.165) is 17.7 Å². The molecule has 0 fully saturated rings. The molecule has 0 aliphatic heterocycles. The molecule has 1 aromatic heterocycles. The Morgan fingerprint density at radius 1 is 0.921 bits per heavy atom. The first-order chi connectivity index (χ1) is 18.2. The number of carbonyl (C=O) groups is 1. The van der Waals surface area contributed by atoms with E-state index in [-0.39, 0.29) is 22.8 Å². The minimum atomic E-state index is -4.51. The second kappa shape index (κ2) is 11.8. The van der Waals surface area contributed by atoms with E-state index in [0.29, 0.717) is 17.2 Å². The molecule has 1 unspecified atom stereocenters. The average Bonchev–Trinajstić information content (AvgIpc) is 2.90. The number of carbonyl (C=O) groups excluding carboxylic acids is 1. The number of nitrogens with one attached hydrogen (secondary N) is 2. The van der Waals surface area contributed by atoms with Crippen molar-refractivity contribution in [3.8, 4) is 17.0 Å². The van der Waals surface area contributed by atoms with Crippen molar-refractivity contribution in [1.82, 2.24) is 10.2 Å². The Kier molecular flexibility index (Phi) is 8.29. The number of anilines is 2. The quantitative estimate of drug-likeness (QED) is 0.151. The molecule has 7 nitrogen and oxygen atoms in total. The lowest BCUT2D eigenvalue weighted by molar-refractivity contribution is -0.137. The van der Waals surface area contributed by atoms with Crippen molar-refractivity contribution >= 4 is 34.8 Å². The minimum absolute atomic E-state index is 0.170. The standard InChI is InChI=1S/C27H22F3N5O2S/c28-27(29,30)19-10-6-9-18(15-19)20(31)16-25(36)37-23-12-5-4-11-22(23)32-26(38)33-24-14-13-21(34-35-24)17-7-2-1-3-8-17/h1-15,20H,16,31H2,(H2,32,33,35,38). The summed E-state index contributed by atoms with van der Waals surface area (Å²) in [6.45, 7) is 0. The first-order valence-corrected chi connectivity index (χ1v) is 11.8. The van der Waals surface area contributed by atoms with Crippen LogP contribution in [-0.2, 0) is 11.0 Å². The van der Waals surface area contributed by atoms with Gasteiger partial charge in [0.05, 0.1) is 23.4 Å². The summed E-state index contributed by atoms with van der Waals surface area (Å²) in [7, 11) is 0. The van der Waals surface area contributed by atoms with E-state index in [1.54, 1.807) is 36.4 Å². The first kappa shape index (κ1) is 26.7. The van der Waals surface area contributed by atoms with Gasteiger partial charge in [-0.25, -0.2) is 0 Å². The molecule has 0 spiro atoms. The van der Waals surface area contributed by atoms with Crippen LogP contribution in [0.25, 0.3) is 11.3 Å². The SMILES string of the molecule is NC(CC(=O)Oc1ccccc1NC(=S)Nc1ccc(-c2ccccc2)nn1)c1cccc(C(F)(F)F)c1. The molecule has 194 valence electrons. The average molecular weight is 538 g/mol. The van der Waals surface area contributed by atoms with Crippen molar-refractivity contribution in [3.05, 3.63) is 102 Å². The van der Waals surface area contributed by atoms with E-state index in [1.165, 1.54) is 12.1 Å². The lowest BCUT2D eigenvalue weighted by atomic mass is 10.0. The van der Waals surface area contributed by atoms with Gasteiger partial charge < -0.3 is 21.1 Å². The number of para-hydroxylation sites is 2. The number of hydrogen-bond acceptors (Lipinski definition) is 6. The summed E-state index contributed by atoms with van der Waals surface area (Å²) in [5.41, 5.74) is 7.34. The Hall–Kier alpha value is -4.35. The highest BCUT2D eigenvalue weighted by Gasteiger charge is 2.31. The highest BCUT2D eigenvalue weighted by Crippen LogP contribution is 2.31. The molecule has 0 aliphatic carbocycles. The Morgan fingerprint density at radius 3 is 2.37 bits per heavy atom. The first-order valence-electron chi connectivity index (χ1n) is 11.4. The molecular formula is C27H22F3N5O2S. The fourth-order valence-electron chi connectivity index (χ4n) is 3.50. The van der Waals surface area contributed by atoms with E-state index in [4.69, 9.17) is 22.7 Å². The van der Waals surface area contributed by atoms with Crippen molar-refractivity contribution in [2.24, 2.45) is 5.73 Å².